The molecule has 0 amide bonds. The molecule has 1 heterocycles. The van der Waals surface area contributed by atoms with Crippen LogP contribution in [0.3, 0.4) is 0 Å². The van der Waals surface area contributed by atoms with Gasteiger partial charge < -0.3 is 16.4 Å². The highest BCUT2D eigenvalue weighted by Gasteiger charge is 2.08. The van der Waals surface area contributed by atoms with Crippen LogP contribution in [0.4, 0.5) is 17.3 Å². The lowest BCUT2D eigenvalue weighted by Gasteiger charge is -2.15. The molecule has 4 N–H and O–H groups in total. The third-order valence-electron chi connectivity index (χ3n) is 6.83. The molecule has 0 bridgehead atoms. The molecule has 33 heavy (non-hydrogen) atoms. The third-order valence-corrected chi connectivity index (χ3v) is 6.83. The largest absolute Gasteiger partial charge is 0.393 e. The third kappa shape index (κ3) is 12.9. The predicted octanol–water partition coefficient (Wildman–Crippen LogP) is 8.25. The van der Waals surface area contributed by atoms with Gasteiger partial charge in [-0.2, -0.15) is 0 Å². The predicted molar refractivity (Wildman–Crippen MR) is 145 cm³/mol. The normalized spacial score (nSPS) is 13.7. The van der Waals surface area contributed by atoms with Crippen LogP contribution in [0.5, 0.6) is 0 Å². The molecule has 0 atom stereocenters. The van der Waals surface area contributed by atoms with E-state index < -0.39 is 0 Å². The first kappa shape index (κ1) is 27.5. The number of aromatic nitrogens is 2. The number of anilines is 3. The Hall–Kier alpha value is -1.78. The molecule has 0 aliphatic heterocycles. The Bertz CT molecular complexity index is 643. The lowest BCUT2D eigenvalue weighted by atomic mass is 9.97. The van der Waals surface area contributed by atoms with Crippen molar-refractivity contribution in [2.75, 3.05) is 29.5 Å². The fourth-order valence-corrected chi connectivity index (χ4v) is 4.68. The van der Waals surface area contributed by atoms with Gasteiger partial charge in [0.25, 0.3) is 0 Å². The molecule has 0 aromatic carbocycles. The fourth-order valence-electron chi connectivity index (χ4n) is 4.68. The number of nitrogen functional groups attached to an aromatic ring is 1. The molecule has 0 radical (unpaired) electrons. The van der Waals surface area contributed by atoms with Crippen LogP contribution in [0.25, 0.3) is 0 Å². The second-order valence-electron chi connectivity index (χ2n) is 9.79. The van der Waals surface area contributed by atoms with E-state index in [1.807, 2.05) is 0 Å². The van der Waals surface area contributed by atoms with Crippen LogP contribution in [0.1, 0.15) is 129 Å². The lowest BCUT2D eigenvalue weighted by molar-refractivity contribution is 0.537. The minimum atomic E-state index is 0.639. The van der Waals surface area contributed by atoms with Crippen molar-refractivity contribution >= 4 is 17.3 Å². The van der Waals surface area contributed by atoms with Gasteiger partial charge in [-0.15, -0.1) is 0 Å². The first-order valence-electron chi connectivity index (χ1n) is 14.1. The van der Waals surface area contributed by atoms with Crippen molar-refractivity contribution in [3.63, 3.8) is 0 Å². The summed E-state index contributed by atoms with van der Waals surface area (Å²) in [6, 6.07) is 0. The van der Waals surface area contributed by atoms with Crippen molar-refractivity contribution in [3.8, 4) is 0 Å². The maximum atomic E-state index is 6.30. The first-order valence-corrected chi connectivity index (χ1v) is 14.1. The molecule has 0 saturated heterocycles. The number of unbranched alkanes of at least 4 members (excludes halogenated alkanes) is 13. The molecule has 0 saturated carbocycles. The Morgan fingerprint density at radius 3 is 1.82 bits per heavy atom. The smallest absolute Gasteiger partial charge is 0.154 e. The molecular weight excluding hydrogens is 406 g/mol. The van der Waals surface area contributed by atoms with Crippen molar-refractivity contribution in [2.24, 2.45) is 0 Å². The first-order chi connectivity index (χ1) is 16.3. The molecule has 2 rings (SSSR count). The highest BCUT2D eigenvalue weighted by Crippen LogP contribution is 2.24. The molecule has 0 spiro atoms. The summed E-state index contributed by atoms with van der Waals surface area (Å²) in [6.07, 6.45) is 29.6. The summed E-state index contributed by atoms with van der Waals surface area (Å²) in [5.41, 5.74) is 8.51. The Morgan fingerprint density at radius 2 is 1.27 bits per heavy atom. The van der Waals surface area contributed by atoms with Crippen molar-refractivity contribution in [2.45, 2.75) is 129 Å². The highest BCUT2D eigenvalue weighted by atomic mass is 15.1. The zero-order valence-corrected chi connectivity index (χ0v) is 21.5. The van der Waals surface area contributed by atoms with Gasteiger partial charge in [-0.3, -0.25) is 0 Å². The van der Waals surface area contributed by atoms with Gasteiger partial charge in [0.15, 0.2) is 11.6 Å². The van der Waals surface area contributed by atoms with Crippen molar-refractivity contribution in [1.82, 2.24) is 9.97 Å². The Kier molecular flexibility index (Phi) is 15.5. The highest BCUT2D eigenvalue weighted by molar-refractivity contribution is 5.73. The summed E-state index contributed by atoms with van der Waals surface area (Å²) in [5, 5.41) is 6.81. The van der Waals surface area contributed by atoms with E-state index in [0.29, 0.717) is 5.69 Å². The zero-order chi connectivity index (χ0) is 23.4. The van der Waals surface area contributed by atoms with Crippen LogP contribution < -0.4 is 16.4 Å². The number of allylic oxidation sites excluding steroid dienone is 1. The summed E-state index contributed by atoms with van der Waals surface area (Å²) in [6.45, 7) is 4.09. The number of nitrogens with zero attached hydrogens (tertiary/aromatic N) is 2. The molecule has 1 aliphatic carbocycles. The Labute approximate surface area is 203 Å². The average Bonchev–Trinajstić information content (AvgIpc) is 2.84. The summed E-state index contributed by atoms with van der Waals surface area (Å²) >= 11 is 0. The average molecular weight is 458 g/mol. The maximum Gasteiger partial charge on any atom is 0.154 e. The van der Waals surface area contributed by atoms with Gasteiger partial charge >= 0.3 is 0 Å². The molecule has 5 heteroatoms. The number of rotatable bonds is 20. The number of nitrogens with two attached hydrogens (primary N) is 1. The van der Waals surface area contributed by atoms with Gasteiger partial charge in [0.1, 0.15) is 12.0 Å². The van der Waals surface area contributed by atoms with Crippen molar-refractivity contribution in [1.29, 1.82) is 0 Å². The summed E-state index contributed by atoms with van der Waals surface area (Å²) in [4.78, 5) is 8.68. The van der Waals surface area contributed by atoms with Gasteiger partial charge in [0.05, 0.1) is 0 Å². The van der Waals surface area contributed by atoms with Crippen LogP contribution in [0, 0.1) is 0 Å². The van der Waals surface area contributed by atoms with Crippen LogP contribution in [-0.2, 0) is 0 Å². The second kappa shape index (κ2) is 18.6. The summed E-state index contributed by atoms with van der Waals surface area (Å²) < 4.78 is 0. The lowest BCUT2D eigenvalue weighted by Crippen LogP contribution is -2.12. The SMILES string of the molecule is CCCCCCCCCCCCCCCCNc1ncnc(NCCC2=CCCCC2)c1N. The quantitative estimate of drug-likeness (QED) is 0.136. The van der Waals surface area contributed by atoms with Crippen LogP contribution >= 0.6 is 0 Å². The van der Waals surface area contributed by atoms with Crippen molar-refractivity contribution in [3.05, 3.63) is 18.0 Å². The van der Waals surface area contributed by atoms with Gasteiger partial charge in [-0.05, 0) is 38.5 Å². The maximum absolute atomic E-state index is 6.30. The van der Waals surface area contributed by atoms with Crippen LogP contribution in [0.15, 0.2) is 18.0 Å². The number of hydrogen-bond donors (Lipinski definition) is 3. The monoisotopic (exact) mass is 457 g/mol. The summed E-state index contributed by atoms with van der Waals surface area (Å²) in [5.74, 6) is 1.52. The summed E-state index contributed by atoms with van der Waals surface area (Å²) in [7, 11) is 0. The van der Waals surface area contributed by atoms with Gasteiger partial charge in [-0.25, -0.2) is 9.97 Å². The van der Waals surface area contributed by atoms with Gasteiger partial charge in [-0.1, -0.05) is 102 Å². The Morgan fingerprint density at radius 1 is 0.727 bits per heavy atom. The topological polar surface area (TPSA) is 75.9 Å². The van der Waals surface area contributed by atoms with E-state index >= 15 is 0 Å². The zero-order valence-electron chi connectivity index (χ0n) is 21.5. The van der Waals surface area contributed by atoms with Gasteiger partial charge in [0.2, 0.25) is 0 Å². The van der Waals surface area contributed by atoms with E-state index in [4.69, 9.17) is 5.73 Å². The molecule has 5 nitrogen and oxygen atoms in total. The second-order valence-corrected chi connectivity index (χ2v) is 9.79. The van der Waals surface area contributed by atoms with E-state index in [2.05, 4.69) is 33.6 Å². The van der Waals surface area contributed by atoms with E-state index in [9.17, 15) is 0 Å². The molecule has 1 aromatic rings. The van der Waals surface area contributed by atoms with Crippen LogP contribution in [-0.4, -0.2) is 23.1 Å². The minimum absolute atomic E-state index is 0.639. The molecule has 188 valence electrons. The fraction of sp³-hybridized carbons (Fsp3) is 0.786. The molecule has 1 aromatic heterocycles. The molecular formula is C28H51N5. The van der Waals surface area contributed by atoms with Crippen LogP contribution in [0.2, 0.25) is 0 Å². The van der Waals surface area contributed by atoms with Gasteiger partial charge in [0, 0.05) is 13.1 Å². The van der Waals surface area contributed by atoms with Crippen molar-refractivity contribution < 1.29 is 0 Å². The molecule has 0 unspecified atom stereocenters. The van der Waals surface area contributed by atoms with E-state index in [0.717, 1.165) is 37.6 Å². The van der Waals surface area contributed by atoms with E-state index in [1.54, 1.807) is 11.9 Å². The molecule has 1 aliphatic rings. The van der Waals surface area contributed by atoms with E-state index in [-0.39, 0.29) is 0 Å². The standard InChI is InChI=1S/C28H51N5/c1-2-3-4-5-6-7-8-9-10-11-12-13-14-18-22-30-27-26(29)28(33-24-32-27)31-23-21-25-19-16-15-17-20-25/h19,24H,2-18,20-23,29H2,1H3,(H2,30,31,32,33). The Balaban J connectivity index is 1.45. The number of nitrogens with one attached hydrogen (secondary N) is 2. The van der Waals surface area contributed by atoms with E-state index in [1.165, 1.54) is 109 Å². The minimum Gasteiger partial charge on any atom is -0.393 e. The number of hydrogen-bond acceptors (Lipinski definition) is 5. The molecule has 0 fully saturated rings.